The van der Waals surface area contributed by atoms with Crippen molar-refractivity contribution in [2.75, 3.05) is 25.4 Å². The van der Waals surface area contributed by atoms with Gasteiger partial charge in [0.2, 0.25) is 5.91 Å². The molecule has 0 aromatic carbocycles. The highest BCUT2D eigenvalue weighted by molar-refractivity contribution is 8.04. The van der Waals surface area contributed by atoms with Crippen molar-refractivity contribution in [2.45, 2.75) is 45.1 Å². The van der Waals surface area contributed by atoms with E-state index in [0.29, 0.717) is 23.8 Å². The van der Waals surface area contributed by atoms with Crippen molar-refractivity contribution >= 4 is 35.6 Å². The van der Waals surface area contributed by atoms with E-state index in [1.807, 2.05) is 0 Å². The maximum atomic E-state index is 12.9. The quantitative estimate of drug-likeness (QED) is 0.430. The average Bonchev–Trinajstić information content (AvgIpc) is 3.07. The zero-order valence-corrected chi connectivity index (χ0v) is 16.5. The van der Waals surface area contributed by atoms with Gasteiger partial charge in [0.05, 0.1) is 23.5 Å². The van der Waals surface area contributed by atoms with Crippen LogP contribution in [0.1, 0.15) is 39.5 Å². The predicted octanol–water partition coefficient (Wildman–Crippen LogP) is 1.47. The standard InChI is InChI=1S/C18H25N3O5S/c1-3-26-15(23)10-14-20(13(22)11-27-14)8-9-21-16(24)18(19-17(21)25)6-4-12(2)5-7-18/h10,12H,3-9,11H2,1-2H3,(H,19,25)/b14-10-. The summed E-state index contributed by atoms with van der Waals surface area (Å²) in [4.78, 5) is 51.7. The summed E-state index contributed by atoms with van der Waals surface area (Å²) >= 11 is 1.25. The van der Waals surface area contributed by atoms with Crippen molar-refractivity contribution in [2.24, 2.45) is 5.92 Å². The fourth-order valence-corrected chi connectivity index (χ4v) is 4.68. The first-order valence-electron chi connectivity index (χ1n) is 9.32. The minimum atomic E-state index is -0.781. The maximum absolute atomic E-state index is 12.9. The van der Waals surface area contributed by atoms with Crippen molar-refractivity contribution in [3.05, 3.63) is 11.1 Å². The first-order valence-corrected chi connectivity index (χ1v) is 10.3. The van der Waals surface area contributed by atoms with Gasteiger partial charge >= 0.3 is 12.0 Å². The summed E-state index contributed by atoms with van der Waals surface area (Å²) in [7, 11) is 0. The minimum absolute atomic E-state index is 0.106. The average molecular weight is 395 g/mol. The fraction of sp³-hybridized carbons (Fsp3) is 0.667. The van der Waals surface area contributed by atoms with Crippen LogP contribution in [0.5, 0.6) is 0 Å². The highest BCUT2D eigenvalue weighted by Crippen LogP contribution is 2.36. The molecule has 0 atom stereocenters. The van der Waals surface area contributed by atoms with E-state index >= 15 is 0 Å². The Morgan fingerprint density at radius 3 is 2.59 bits per heavy atom. The number of rotatable bonds is 5. The molecule has 0 radical (unpaired) electrons. The molecule has 0 aromatic heterocycles. The maximum Gasteiger partial charge on any atom is 0.333 e. The van der Waals surface area contributed by atoms with Crippen molar-refractivity contribution in [1.29, 1.82) is 0 Å². The van der Waals surface area contributed by atoms with Gasteiger partial charge in [-0.2, -0.15) is 0 Å². The lowest BCUT2D eigenvalue weighted by Gasteiger charge is -2.33. The topological polar surface area (TPSA) is 96.0 Å². The van der Waals surface area contributed by atoms with Gasteiger partial charge in [-0.3, -0.25) is 14.5 Å². The summed E-state index contributed by atoms with van der Waals surface area (Å²) in [6.45, 7) is 4.39. The third-order valence-electron chi connectivity index (χ3n) is 5.36. The van der Waals surface area contributed by atoms with Crippen molar-refractivity contribution in [3.8, 4) is 0 Å². The molecule has 27 heavy (non-hydrogen) atoms. The summed E-state index contributed by atoms with van der Waals surface area (Å²) in [5, 5.41) is 3.37. The molecule has 4 amide bonds. The van der Waals surface area contributed by atoms with Crippen LogP contribution in [0.25, 0.3) is 0 Å². The number of carbonyl (C=O) groups is 4. The number of urea groups is 1. The zero-order valence-electron chi connectivity index (χ0n) is 15.7. The number of amides is 4. The number of thioether (sulfide) groups is 1. The van der Waals surface area contributed by atoms with Crippen molar-refractivity contribution in [1.82, 2.24) is 15.1 Å². The van der Waals surface area contributed by atoms with Crippen LogP contribution < -0.4 is 5.32 Å². The second kappa shape index (κ2) is 7.92. The van der Waals surface area contributed by atoms with Crippen LogP contribution >= 0.6 is 11.8 Å². The number of hydrogen-bond acceptors (Lipinski definition) is 6. The number of nitrogens with one attached hydrogen (secondary N) is 1. The molecule has 3 rings (SSSR count). The van der Waals surface area contributed by atoms with Gasteiger partial charge in [-0.25, -0.2) is 9.59 Å². The second-order valence-electron chi connectivity index (χ2n) is 7.22. The van der Waals surface area contributed by atoms with E-state index in [9.17, 15) is 19.2 Å². The second-order valence-corrected chi connectivity index (χ2v) is 8.22. The Hall–Kier alpha value is -2.03. The fourth-order valence-electron chi connectivity index (χ4n) is 3.73. The van der Waals surface area contributed by atoms with Gasteiger partial charge in [0.15, 0.2) is 0 Å². The molecule has 2 heterocycles. The molecule has 1 spiro atoms. The molecule has 148 valence electrons. The molecule has 3 fully saturated rings. The lowest BCUT2D eigenvalue weighted by Crippen LogP contribution is -2.49. The first-order chi connectivity index (χ1) is 12.9. The summed E-state index contributed by atoms with van der Waals surface area (Å²) in [6, 6.07) is -0.398. The lowest BCUT2D eigenvalue weighted by molar-refractivity contribution is -0.137. The molecule has 0 unspecified atom stereocenters. The molecular weight excluding hydrogens is 370 g/mol. The third kappa shape index (κ3) is 3.97. The zero-order chi connectivity index (χ0) is 19.6. The molecular formula is C18H25N3O5S. The summed E-state index contributed by atoms with van der Waals surface area (Å²) in [6.07, 6.45) is 4.42. The Bertz CT molecular complexity index is 684. The highest BCUT2D eigenvalue weighted by atomic mass is 32.2. The van der Waals surface area contributed by atoms with Crippen LogP contribution in [0.4, 0.5) is 4.79 Å². The van der Waals surface area contributed by atoms with Crippen molar-refractivity contribution < 1.29 is 23.9 Å². The van der Waals surface area contributed by atoms with E-state index in [4.69, 9.17) is 4.74 Å². The lowest BCUT2D eigenvalue weighted by atomic mass is 9.77. The van der Waals surface area contributed by atoms with Crippen molar-refractivity contribution in [3.63, 3.8) is 0 Å². The summed E-state index contributed by atoms with van der Waals surface area (Å²) in [5.41, 5.74) is -0.781. The van der Waals surface area contributed by atoms with E-state index in [2.05, 4.69) is 12.2 Å². The van der Waals surface area contributed by atoms with Gasteiger partial charge < -0.3 is 15.0 Å². The minimum Gasteiger partial charge on any atom is -0.463 e. The smallest absolute Gasteiger partial charge is 0.333 e. The van der Waals surface area contributed by atoms with Crippen LogP contribution in [-0.4, -0.2) is 64.6 Å². The Morgan fingerprint density at radius 1 is 1.26 bits per heavy atom. The number of hydrogen-bond donors (Lipinski definition) is 1. The number of ether oxygens (including phenoxy) is 1. The molecule has 1 aliphatic carbocycles. The van der Waals surface area contributed by atoms with E-state index in [1.165, 1.54) is 27.6 Å². The van der Waals surface area contributed by atoms with E-state index in [1.54, 1.807) is 6.92 Å². The molecule has 0 bridgehead atoms. The van der Waals surface area contributed by atoms with E-state index < -0.39 is 17.5 Å². The molecule has 3 aliphatic rings. The molecule has 0 aromatic rings. The highest BCUT2D eigenvalue weighted by Gasteiger charge is 2.52. The summed E-state index contributed by atoms with van der Waals surface area (Å²) < 4.78 is 4.89. The van der Waals surface area contributed by atoms with Gasteiger partial charge in [-0.15, -0.1) is 0 Å². The van der Waals surface area contributed by atoms with Crippen LogP contribution in [0, 0.1) is 5.92 Å². The third-order valence-corrected chi connectivity index (χ3v) is 6.38. The normalized spacial score (nSPS) is 29.8. The first kappa shape index (κ1) is 19.7. The SMILES string of the molecule is CCOC(=O)/C=C1\SCC(=O)N1CCN1C(=O)NC2(CCC(C)CC2)C1=O. The molecule has 2 saturated heterocycles. The van der Waals surface area contributed by atoms with Crippen LogP contribution in [0.2, 0.25) is 0 Å². The van der Waals surface area contributed by atoms with Gasteiger partial charge in [-0.05, 0) is 38.5 Å². The summed E-state index contributed by atoms with van der Waals surface area (Å²) in [5.74, 6) is -0.0692. The van der Waals surface area contributed by atoms with E-state index in [-0.39, 0.29) is 37.3 Å². The predicted molar refractivity (Wildman–Crippen MR) is 99.5 cm³/mol. The van der Waals surface area contributed by atoms with Gasteiger partial charge in [0.25, 0.3) is 5.91 Å². The molecule has 8 nitrogen and oxygen atoms in total. The number of imide groups is 1. The Kier molecular flexibility index (Phi) is 5.78. The number of nitrogens with zero attached hydrogens (tertiary/aromatic N) is 2. The monoisotopic (exact) mass is 395 g/mol. The van der Waals surface area contributed by atoms with Crippen LogP contribution in [0.15, 0.2) is 11.1 Å². The largest absolute Gasteiger partial charge is 0.463 e. The molecule has 1 saturated carbocycles. The van der Waals surface area contributed by atoms with Crippen LogP contribution in [0.3, 0.4) is 0 Å². The van der Waals surface area contributed by atoms with E-state index in [0.717, 1.165) is 12.8 Å². The number of carbonyl (C=O) groups excluding carboxylic acids is 4. The molecule has 1 N–H and O–H groups in total. The van der Waals surface area contributed by atoms with Crippen LogP contribution in [-0.2, 0) is 19.1 Å². The van der Waals surface area contributed by atoms with Gasteiger partial charge in [0.1, 0.15) is 5.54 Å². The Labute approximate surface area is 162 Å². The van der Waals surface area contributed by atoms with Gasteiger partial charge in [0, 0.05) is 13.1 Å². The van der Waals surface area contributed by atoms with Gasteiger partial charge in [-0.1, -0.05) is 18.7 Å². The Balaban J connectivity index is 1.65. The molecule has 2 aliphatic heterocycles. The molecule has 9 heteroatoms. The number of esters is 1. The Morgan fingerprint density at radius 2 is 1.93 bits per heavy atom.